The molecule has 1 aliphatic rings. The van der Waals surface area contributed by atoms with Gasteiger partial charge in [0.2, 0.25) is 0 Å². The second kappa shape index (κ2) is 5.15. The molecule has 1 aromatic rings. The second-order valence-corrected chi connectivity index (χ2v) is 5.00. The minimum absolute atomic E-state index is 0.0448. The maximum Gasteiger partial charge on any atom is 0.414 e. The summed E-state index contributed by atoms with van der Waals surface area (Å²) >= 11 is 0. The number of carbonyl (C=O) groups is 1. The lowest BCUT2D eigenvalue weighted by Gasteiger charge is -2.16. The molecule has 1 unspecified atom stereocenters. The zero-order valence-corrected chi connectivity index (χ0v) is 11.2. The van der Waals surface area contributed by atoms with Gasteiger partial charge in [-0.2, -0.15) is 0 Å². The first-order valence-corrected chi connectivity index (χ1v) is 6.41. The average molecular weight is 269 g/mol. The number of ether oxygens (including phenoxy) is 1. The van der Waals surface area contributed by atoms with Crippen molar-refractivity contribution < 1.29 is 18.3 Å². The number of anilines is 1. The number of benzene rings is 1. The number of halogens is 2. The van der Waals surface area contributed by atoms with Gasteiger partial charge in [0, 0.05) is 5.56 Å². The van der Waals surface area contributed by atoms with Crippen molar-refractivity contribution in [2.24, 2.45) is 0 Å². The van der Waals surface area contributed by atoms with Crippen LogP contribution in [-0.4, -0.2) is 18.7 Å². The molecule has 0 aliphatic carbocycles. The van der Waals surface area contributed by atoms with Gasteiger partial charge in [-0.25, -0.2) is 13.6 Å². The van der Waals surface area contributed by atoms with Gasteiger partial charge in [-0.3, -0.25) is 4.90 Å². The van der Waals surface area contributed by atoms with Crippen LogP contribution in [0.5, 0.6) is 0 Å². The van der Waals surface area contributed by atoms with Gasteiger partial charge < -0.3 is 4.74 Å². The molecule has 19 heavy (non-hydrogen) atoms. The van der Waals surface area contributed by atoms with Gasteiger partial charge in [-0.1, -0.05) is 20.8 Å². The maximum absolute atomic E-state index is 13.9. The Morgan fingerprint density at radius 3 is 2.37 bits per heavy atom. The van der Waals surface area contributed by atoms with Crippen LogP contribution in [0, 0.1) is 11.6 Å². The summed E-state index contributed by atoms with van der Waals surface area (Å²) in [6.45, 7) is 5.66. The van der Waals surface area contributed by atoms with Gasteiger partial charge in [0.1, 0.15) is 17.7 Å². The summed E-state index contributed by atoms with van der Waals surface area (Å²) < 4.78 is 32.9. The van der Waals surface area contributed by atoms with Crippen LogP contribution in [0.4, 0.5) is 19.3 Å². The fourth-order valence-electron chi connectivity index (χ4n) is 2.22. The molecule has 1 amide bonds. The van der Waals surface area contributed by atoms with E-state index in [4.69, 9.17) is 4.74 Å². The molecule has 2 rings (SSSR count). The molecule has 1 aromatic carbocycles. The van der Waals surface area contributed by atoms with Crippen molar-refractivity contribution in [3.8, 4) is 0 Å². The Morgan fingerprint density at radius 1 is 1.37 bits per heavy atom. The summed E-state index contributed by atoms with van der Waals surface area (Å²) in [4.78, 5) is 12.9. The number of hydrogen-bond acceptors (Lipinski definition) is 2. The maximum atomic E-state index is 13.9. The van der Waals surface area contributed by atoms with Gasteiger partial charge >= 0.3 is 6.09 Å². The fraction of sp³-hybridized carbons (Fsp3) is 0.500. The monoisotopic (exact) mass is 269 g/mol. The molecule has 1 heterocycles. The molecule has 0 radical (unpaired) electrons. The molecule has 0 saturated carbocycles. The van der Waals surface area contributed by atoms with E-state index in [1.165, 1.54) is 17.0 Å². The molecule has 1 atom stereocenters. The lowest BCUT2D eigenvalue weighted by Crippen LogP contribution is -2.25. The molecule has 0 N–H and O–H groups in total. The van der Waals surface area contributed by atoms with Crippen molar-refractivity contribution >= 4 is 11.8 Å². The summed E-state index contributed by atoms with van der Waals surface area (Å²) in [6, 6.07) is 2.38. The minimum Gasteiger partial charge on any atom is -0.444 e. The van der Waals surface area contributed by atoms with Gasteiger partial charge in [-0.15, -0.1) is 0 Å². The van der Waals surface area contributed by atoms with Crippen LogP contribution >= 0.6 is 0 Å². The van der Waals surface area contributed by atoms with Crippen LogP contribution in [0.1, 0.15) is 38.7 Å². The molecule has 5 heteroatoms. The van der Waals surface area contributed by atoms with Crippen molar-refractivity contribution in [3.63, 3.8) is 0 Å². The molecule has 1 saturated heterocycles. The zero-order chi connectivity index (χ0) is 14.2. The standard InChI is InChI=1S/C14H17F2NO2/c1-4-10-7-17(14(18)19-10)9-5-11(15)13(8(2)3)12(16)6-9/h5-6,8,10H,4,7H2,1-3H3. The van der Waals surface area contributed by atoms with E-state index in [0.717, 1.165) is 0 Å². The van der Waals surface area contributed by atoms with Crippen LogP contribution in [-0.2, 0) is 4.74 Å². The van der Waals surface area contributed by atoms with E-state index in [1.54, 1.807) is 13.8 Å². The van der Waals surface area contributed by atoms with E-state index in [9.17, 15) is 13.6 Å². The van der Waals surface area contributed by atoms with E-state index in [-0.39, 0.29) is 23.3 Å². The van der Waals surface area contributed by atoms with Crippen molar-refractivity contribution in [3.05, 3.63) is 29.3 Å². The third-order valence-electron chi connectivity index (χ3n) is 3.28. The van der Waals surface area contributed by atoms with Crippen molar-refractivity contribution in [1.29, 1.82) is 0 Å². The minimum atomic E-state index is -0.627. The summed E-state index contributed by atoms with van der Waals surface area (Å²) in [5.41, 5.74) is 0.253. The van der Waals surface area contributed by atoms with E-state index < -0.39 is 17.7 Å². The molecule has 104 valence electrons. The quantitative estimate of drug-likeness (QED) is 0.834. The van der Waals surface area contributed by atoms with Crippen molar-refractivity contribution in [2.75, 3.05) is 11.4 Å². The van der Waals surface area contributed by atoms with Crippen LogP contribution in [0.15, 0.2) is 12.1 Å². The third kappa shape index (κ3) is 2.55. The number of nitrogens with zero attached hydrogens (tertiary/aromatic N) is 1. The predicted octanol–water partition coefficient (Wildman–Crippen LogP) is 3.82. The summed E-state index contributed by atoms with van der Waals surface area (Å²) in [5, 5.41) is 0. The molecular formula is C14H17F2NO2. The molecule has 0 aromatic heterocycles. The number of carbonyl (C=O) groups excluding carboxylic acids is 1. The normalized spacial score (nSPS) is 19.2. The van der Waals surface area contributed by atoms with E-state index in [0.29, 0.717) is 13.0 Å². The average Bonchev–Trinajstić information content (AvgIpc) is 2.69. The third-order valence-corrected chi connectivity index (χ3v) is 3.28. The Balaban J connectivity index is 2.35. The molecule has 1 aliphatic heterocycles. The Bertz CT molecular complexity index is 479. The van der Waals surface area contributed by atoms with Gasteiger partial charge in [0.15, 0.2) is 0 Å². The van der Waals surface area contributed by atoms with E-state index in [1.807, 2.05) is 6.92 Å². The SMILES string of the molecule is CCC1CN(c2cc(F)c(C(C)C)c(F)c2)C(=O)O1. The molecular weight excluding hydrogens is 252 g/mol. The van der Waals surface area contributed by atoms with E-state index >= 15 is 0 Å². The smallest absolute Gasteiger partial charge is 0.414 e. The molecule has 0 spiro atoms. The second-order valence-electron chi connectivity index (χ2n) is 5.00. The molecule has 3 nitrogen and oxygen atoms in total. The highest BCUT2D eigenvalue weighted by atomic mass is 19.1. The predicted molar refractivity (Wildman–Crippen MR) is 68.4 cm³/mol. The number of amides is 1. The number of rotatable bonds is 3. The summed E-state index contributed by atoms with van der Waals surface area (Å²) in [5.74, 6) is -1.50. The van der Waals surface area contributed by atoms with Crippen LogP contribution in [0.2, 0.25) is 0 Å². The summed E-state index contributed by atoms with van der Waals surface area (Å²) in [6.07, 6.45) is -0.0940. The van der Waals surface area contributed by atoms with Crippen LogP contribution < -0.4 is 4.90 Å². The van der Waals surface area contributed by atoms with E-state index in [2.05, 4.69) is 0 Å². The lowest BCUT2D eigenvalue weighted by molar-refractivity contribution is 0.139. The highest BCUT2D eigenvalue weighted by Gasteiger charge is 2.32. The van der Waals surface area contributed by atoms with Gasteiger partial charge in [0.05, 0.1) is 12.2 Å². The van der Waals surface area contributed by atoms with Crippen LogP contribution in [0.25, 0.3) is 0 Å². The van der Waals surface area contributed by atoms with Crippen LogP contribution in [0.3, 0.4) is 0 Å². The molecule has 1 fully saturated rings. The first-order valence-electron chi connectivity index (χ1n) is 6.41. The Morgan fingerprint density at radius 2 is 1.95 bits per heavy atom. The largest absolute Gasteiger partial charge is 0.444 e. The Hall–Kier alpha value is -1.65. The molecule has 0 bridgehead atoms. The first-order chi connectivity index (χ1) is 8.93. The fourth-order valence-corrected chi connectivity index (χ4v) is 2.22. The van der Waals surface area contributed by atoms with Gasteiger partial charge in [-0.05, 0) is 24.5 Å². The van der Waals surface area contributed by atoms with Crippen molar-refractivity contribution in [2.45, 2.75) is 39.2 Å². The first kappa shape index (κ1) is 13.8. The highest BCUT2D eigenvalue weighted by molar-refractivity contribution is 5.89. The Kier molecular flexibility index (Phi) is 3.73. The van der Waals surface area contributed by atoms with Crippen molar-refractivity contribution in [1.82, 2.24) is 0 Å². The zero-order valence-electron chi connectivity index (χ0n) is 11.2. The summed E-state index contributed by atoms with van der Waals surface area (Å²) in [7, 11) is 0. The Labute approximate surface area is 111 Å². The lowest BCUT2D eigenvalue weighted by atomic mass is 10.0. The number of cyclic esters (lactones) is 1. The topological polar surface area (TPSA) is 29.5 Å². The van der Waals surface area contributed by atoms with Gasteiger partial charge in [0.25, 0.3) is 0 Å². The number of hydrogen-bond donors (Lipinski definition) is 0. The highest BCUT2D eigenvalue weighted by Crippen LogP contribution is 2.29.